The van der Waals surface area contributed by atoms with Crippen LogP contribution in [0, 0.1) is 6.92 Å². The van der Waals surface area contributed by atoms with Gasteiger partial charge in [0.2, 0.25) is 0 Å². The highest BCUT2D eigenvalue weighted by Crippen LogP contribution is 2.25. The van der Waals surface area contributed by atoms with Crippen molar-refractivity contribution in [1.29, 1.82) is 0 Å². The summed E-state index contributed by atoms with van der Waals surface area (Å²) in [6.45, 7) is 8.39. The van der Waals surface area contributed by atoms with Crippen molar-refractivity contribution in [2.75, 3.05) is 20.2 Å². The maximum atomic E-state index is 12.4. The predicted molar refractivity (Wildman–Crippen MR) is 93.1 cm³/mol. The zero-order chi connectivity index (χ0) is 17.3. The van der Waals surface area contributed by atoms with E-state index in [-0.39, 0.29) is 18.2 Å². The molecule has 0 radical (unpaired) electrons. The average Bonchev–Trinajstić information content (AvgIpc) is 2.53. The van der Waals surface area contributed by atoms with E-state index in [2.05, 4.69) is 18.7 Å². The summed E-state index contributed by atoms with van der Waals surface area (Å²) in [4.78, 5) is 19.4. The largest absolute Gasteiger partial charge is 0.465 e. The van der Waals surface area contributed by atoms with E-state index < -0.39 is 0 Å². The van der Waals surface area contributed by atoms with E-state index >= 15 is 0 Å². The molecule has 0 unspecified atom stereocenters. The van der Waals surface area contributed by atoms with Gasteiger partial charge in [-0.3, -0.25) is 9.88 Å². The van der Waals surface area contributed by atoms with Gasteiger partial charge in [0.25, 0.3) is 0 Å². The summed E-state index contributed by atoms with van der Waals surface area (Å²) in [5.41, 5.74) is 3.20. The fourth-order valence-electron chi connectivity index (χ4n) is 3.55. The molecule has 0 amide bonds. The normalized spacial score (nSPS) is 21.8. The number of esters is 1. The van der Waals surface area contributed by atoms with Crippen LogP contribution in [0.1, 0.15) is 35.5 Å². The van der Waals surface area contributed by atoms with Crippen LogP contribution in [-0.4, -0.2) is 48.3 Å². The summed E-state index contributed by atoms with van der Waals surface area (Å²) in [5, 5.41) is 0.991. The molecule has 2 atom stereocenters. The number of hydrogen-bond donors (Lipinski definition) is 0. The van der Waals surface area contributed by atoms with Crippen molar-refractivity contribution >= 4 is 16.9 Å². The fourth-order valence-corrected chi connectivity index (χ4v) is 3.55. The molecule has 1 aliphatic heterocycles. The van der Waals surface area contributed by atoms with Crippen LogP contribution < -0.4 is 0 Å². The smallest absolute Gasteiger partial charge is 0.340 e. The number of carbonyl (C=O) groups excluding carboxylic acids is 1. The van der Waals surface area contributed by atoms with Gasteiger partial charge in [-0.05, 0) is 32.4 Å². The second-order valence-electron chi connectivity index (χ2n) is 6.52. The minimum absolute atomic E-state index is 0.178. The molecule has 0 saturated carbocycles. The number of rotatable bonds is 3. The highest BCUT2D eigenvalue weighted by Gasteiger charge is 2.26. The van der Waals surface area contributed by atoms with Gasteiger partial charge >= 0.3 is 5.97 Å². The number of para-hydroxylation sites is 1. The predicted octanol–water partition coefficient (Wildman–Crippen LogP) is 2.94. The lowest BCUT2D eigenvalue weighted by Gasteiger charge is -2.35. The average molecular weight is 328 g/mol. The Balaban J connectivity index is 2.03. The number of aromatic nitrogens is 1. The fraction of sp³-hybridized carbons (Fsp3) is 0.474. The van der Waals surface area contributed by atoms with Gasteiger partial charge in [-0.25, -0.2) is 4.79 Å². The molecule has 0 N–H and O–H groups in total. The van der Waals surface area contributed by atoms with Crippen LogP contribution in [-0.2, 0) is 16.0 Å². The summed E-state index contributed by atoms with van der Waals surface area (Å²) in [6.07, 6.45) is 0.355. The van der Waals surface area contributed by atoms with Crippen molar-refractivity contribution in [3.05, 3.63) is 41.1 Å². The number of aryl methyl sites for hydroxylation is 1. The zero-order valence-electron chi connectivity index (χ0n) is 14.7. The number of carbonyl (C=O) groups is 1. The van der Waals surface area contributed by atoms with E-state index in [0.717, 1.165) is 35.2 Å². The molecule has 1 aromatic carbocycles. The summed E-state index contributed by atoms with van der Waals surface area (Å²) < 4.78 is 10.8. The van der Waals surface area contributed by atoms with Gasteiger partial charge in [0.1, 0.15) is 0 Å². The standard InChI is InChI=1S/C19H24N2O3/c1-12-9-21(10-13(2)24-12)11-17-18(19(22)23-4)14(3)15-7-5-6-8-16(15)20-17/h5-8,12-13H,9-11H2,1-4H3/t12-,13+. The minimum atomic E-state index is -0.324. The number of ether oxygens (including phenoxy) is 2. The molecule has 3 rings (SSSR count). The summed E-state index contributed by atoms with van der Waals surface area (Å²) >= 11 is 0. The number of fused-ring (bicyclic) bond motifs is 1. The highest BCUT2D eigenvalue weighted by atomic mass is 16.5. The van der Waals surface area contributed by atoms with E-state index in [1.807, 2.05) is 31.2 Å². The molecule has 1 saturated heterocycles. The summed E-state index contributed by atoms with van der Waals surface area (Å²) in [7, 11) is 1.42. The van der Waals surface area contributed by atoms with Crippen molar-refractivity contribution in [2.24, 2.45) is 0 Å². The highest BCUT2D eigenvalue weighted by molar-refractivity contribution is 5.98. The molecule has 1 fully saturated rings. The van der Waals surface area contributed by atoms with E-state index in [4.69, 9.17) is 14.5 Å². The monoisotopic (exact) mass is 328 g/mol. The molecule has 0 bridgehead atoms. The molecule has 1 aromatic heterocycles. The molecule has 5 heteroatoms. The van der Waals surface area contributed by atoms with Crippen molar-refractivity contribution in [3.63, 3.8) is 0 Å². The molecule has 24 heavy (non-hydrogen) atoms. The zero-order valence-corrected chi connectivity index (χ0v) is 14.7. The van der Waals surface area contributed by atoms with Crippen molar-refractivity contribution in [1.82, 2.24) is 9.88 Å². The summed E-state index contributed by atoms with van der Waals surface area (Å²) in [6, 6.07) is 7.91. The van der Waals surface area contributed by atoms with Crippen molar-refractivity contribution in [3.8, 4) is 0 Å². The Bertz CT molecular complexity index is 750. The van der Waals surface area contributed by atoms with Gasteiger partial charge in [-0.15, -0.1) is 0 Å². The van der Waals surface area contributed by atoms with Crippen molar-refractivity contribution < 1.29 is 14.3 Å². The maximum Gasteiger partial charge on any atom is 0.340 e. The Morgan fingerprint density at radius 1 is 1.29 bits per heavy atom. The van der Waals surface area contributed by atoms with Crippen LogP contribution in [0.15, 0.2) is 24.3 Å². The van der Waals surface area contributed by atoms with Gasteiger partial charge in [0.05, 0.1) is 36.1 Å². The molecular formula is C19H24N2O3. The second kappa shape index (κ2) is 6.87. The van der Waals surface area contributed by atoms with Crippen LogP contribution >= 0.6 is 0 Å². The first kappa shape index (κ1) is 16.9. The topological polar surface area (TPSA) is 51.7 Å². The lowest BCUT2D eigenvalue weighted by atomic mass is 10.0. The van der Waals surface area contributed by atoms with Crippen LogP contribution in [0.2, 0.25) is 0 Å². The Hall–Kier alpha value is -1.98. The Morgan fingerprint density at radius 2 is 1.96 bits per heavy atom. The van der Waals surface area contributed by atoms with Gasteiger partial charge < -0.3 is 9.47 Å². The van der Waals surface area contributed by atoms with Crippen LogP contribution in [0.25, 0.3) is 10.9 Å². The van der Waals surface area contributed by atoms with E-state index in [1.165, 1.54) is 7.11 Å². The first-order chi connectivity index (χ1) is 11.5. The lowest BCUT2D eigenvalue weighted by molar-refractivity contribution is -0.0707. The maximum absolute atomic E-state index is 12.4. The third-order valence-corrected chi connectivity index (χ3v) is 4.49. The van der Waals surface area contributed by atoms with E-state index in [0.29, 0.717) is 12.1 Å². The van der Waals surface area contributed by atoms with E-state index in [9.17, 15) is 4.79 Å². The van der Waals surface area contributed by atoms with Crippen LogP contribution in [0.4, 0.5) is 0 Å². The van der Waals surface area contributed by atoms with Crippen molar-refractivity contribution in [2.45, 2.75) is 39.5 Å². The molecule has 1 aliphatic rings. The SMILES string of the molecule is COC(=O)c1c(CN2C[C@@H](C)O[C@@H](C)C2)nc2ccccc2c1C. The number of hydrogen-bond acceptors (Lipinski definition) is 5. The molecular weight excluding hydrogens is 304 g/mol. The first-order valence-electron chi connectivity index (χ1n) is 8.34. The van der Waals surface area contributed by atoms with Crippen LogP contribution in [0.3, 0.4) is 0 Å². The molecule has 0 aliphatic carbocycles. The number of morpholine rings is 1. The number of methoxy groups -OCH3 is 1. The second-order valence-corrected chi connectivity index (χ2v) is 6.52. The first-order valence-corrected chi connectivity index (χ1v) is 8.34. The number of benzene rings is 1. The molecule has 0 spiro atoms. The third-order valence-electron chi connectivity index (χ3n) is 4.49. The summed E-state index contributed by atoms with van der Waals surface area (Å²) in [5.74, 6) is -0.324. The van der Waals surface area contributed by atoms with Crippen LogP contribution in [0.5, 0.6) is 0 Å². The third kappa shape index (κ3) is 3.28. The number of pyridine rings is 1. The Labute approximate surface area is 142 Å². The van der Waals surface area contributed by atoms with E-state index in [1.54, 1.807) is 0 Å². The minimum Gasteiger partial charge on any atom is -0.465 e. The van der Waals surface area contributed by atoms with Gasteiger partial charge in [0, 0.05) is 25.0 Å². The molecule has 2 aromatic rings. The molecule has 128 valence electrons. The molecule has 2 heterocycles. The van der Waals surface area contributed by atoms with Gasteiger partial charge in [-0.2, -0.15) is 0 Å². The van der Waals surface area contributed by atoms with Gasteiger partial charge in [0.15, 0.2) is 0 Å². The lowest BCUT2D eigenvalue weighted by Crippen LogP contribution is -2.45. The Morgan fingerprint density at radius 3 is 2.62 bits per heavy atom. The van der Waals surface area contributed by atoms with Gasteiger partial charge in [-0.1, -0.05) is 18.2 Å². The Kier molecular flexibility index (Phi) is 4.83. The number of nitrogens with zero attached hydrogens (tertiary/aromatic N) is 2. The molecule has 5 nitrogen and oxygen atoms in total. The quantitative estimate of drug-likeness (QED) is 0.811.